The Hall–Kier alpha value is -1.82. The number of hydrogen-bond acceptors (Lipinski definition) is 5. The van der Waals surface area contributed by atoms with E-state index in [1.807, 2.05) is 6.92 Å². The minimum atomic E-state index is -0.363. The average molecular weight is 293 g/mol. The number of nitro groups is 1. The molecule has 0 saturated heterocycles. The monoisotopic (exact) mass is 293 g/mol. The molecule has 1 aliphatic carbocycles. The fourth-order valence-corrected chi connectivity index (χ4v) is 2.88. The standard InChI is InChI=1S/C15H23N3O3/c1-2-16-12-7-5-8-13(15(12)18(20)21)17-10-11-6-3-4-9-14(11)19/h5,7-8,11,14,16-17,19H,2-4,6,9-10H2,1H3. The molecule has 1 fully saturated rings. The number of nitrogens with one attached hydrogen (secondary N) is 2. The van der Waals surface area contributed by atoms with Crippen LogP contribution in [0, 0.1) is 16.0 Å². The van der Waals surface area contributed by atoms with Crippen LogP contribution in [0.5, 0.6) is 0 Å². The van der Waals surface area contributed by atoms with Gasteiger partial charge in [0.25, 0.3) is 0 Å². The maximum absolute atomic E-state index is 11.3. The third-order valence-corrected chi connectivity index (χ3v) is 4.01. The van der Waals surface area contributed by atoms with Gasteiger partial charge in [-0.15, -0.1) is 0 Å². The van der Waals surface area contributed by atoms with Crippen LogP contribution >= 0.6 is 0 Å². The summed E-state index contributed by atoms with van der Waals surface area (Å²) in [6.45, 7) is 3.10. The maximum atomic E-state index is 11.3. The van der Waals surface area contributed by atoms with Gasteiger partial charge in [0.2, 0.25) is 0 Å². The van der Waals surface area contributed by atoms with E-state index in [0.29, 0.717) is 24.5 Å². The number of nitrogens with zero attached hydrogens (tertiary/aromatic N) is 1. The molecule has 1 aliphatic rings. The molecule has 6 heteroatoms. The lowest BCUT2D eigenvalue weighted by Gasteiger charge is -2.28. The Bertz CT molecular complexity index is 493. The second-order valence-corrected chi connectivity index (χ2v) is 5.48. The molecule has 2 atom stereocenters. The molecule has 1 saturated carbocycles. The third kappa shape index (κ3) is 3.85. The maximum Gasteiger partial charge on any atom is 0.315 e. The molecule has 116 valence electrons. The molecule has 0 bridgehead atoms. The Kier molecular flexibility index (Phi) is 5.38. The molecule has 0 amide bonds. The number of anilines is 2. The van der Waals surface area contributed by atoms with Crippen molar-refractivity contribution in [2.24, 2.45) is 5.92 Å². The summed E-state index contributed by atoms with van der Waals surface area (Å²) in [6, 6.07) is 5.22. The molecule has 0 aliphatic heterocycles. The van der Waals surface area contributed by atoms with E-state index in [-0.39, 0.29) is 22.6 Å². The Morgan fingerprint density at radius 1 is 1.29 bits per heavy atom. The van der Waals surface area contributed by atoms with Gasteiger partial charge in [0, 0.05) is 19.0 Å². The number of para-hydroxylation sites is 1. The highest BCUT2D eigenvalue weighted by Crippen LogP contribution is 2.33. The van der Waals surface area contributed by atoms with E-state index in [2.05, 4.69) is 10.6 Å². The quantitative estimate of drug-likeness (QED) is 0.554. The molecule has 0 radical (unpaired) electrons. The number of hydrogen-bond donors (Lipinski definition) is 3. The lowest BCUT2D eigenvalue weighted by Crippen LogP contribution is -2.30. The van der Waals surface area contributed by atoms with E-state index >= 15 is 0 Å². The molecule has 1 aromatic carbocycles. The first-order valence-electron chi connectivity index (χ1n) is 7.56. The first kappa shape index (κ1) is 15.6. The fraction of sp³-hybridized carbons (Fsp3) is 0.600. The van der Waals surface area contributed by atoms with Crippen molar-refractivity contribution in [3.63, 3.8) is 0 Å². The van der Waals surface area contributed by atoms with Gasteiger partial charge in [-0.2, -0.15) is 0 Å². The molecule has 21 heavy (non-hydrogen) atoms. The second-order valence-electron chi connectivity index (χ2n) is 5.48. The van der Waals surface area contributed by atoms with Crippen LogP contribution in [-0.2, 0) is 0 Å². The fourth-order valence-electron chi connectivity index (χ4n) is 2.88. The smallest absolute Gasteiger partial charge is 0.315 e. The Morgan fingerprint density at radius 3 is 2.57 bits per heavy atom. The van der Waals surface area contributed by atoms with E-state index in [4.69, 9.17) is 0 Å². The zero-order valence-electron chi connectivity index (χ0n) is 12.3. The van der Waals surface area contributed by atoms with Crippen molar-refractivity contribution in [2.75, 3.05) is 23.7 Å². The summed E-state index contributed by atoms with van der Waals surface area (Å²) in [4.78, 5) is 10.9. The second kappa shape index (κ2) is 7.26. The summed E-state index contributed by atoms with van der Waals surface area (Å²) in [5, 5.41) is 27.5. The van der Waals surface area contributed by atoms with Crippen LogP contribution < -0.4 is 10.6 Å². The van der Waals surface area contributed by atoms with Crippen molar-refractivity contribution in [2.45, 2.75) is 38.7 Å². The van der Waals surface area contributed by atoms with Crippen LogP contribution in [-0.4, -0.2) is 29.2 Å². The number of nitro benzene ring substituents is 1. The molecule has 3 N–H and O–H groups in total. The molecule has 0 heterocycles. The topological polar surface area (TPSA) is 87.4 Å². The summed E-state index contributed by atoms with van der Waals surface area (Å²) in [5.74, 6) is 0.168. The Morgan fingerprint density at radius 2 is 1.95 bits per heavy atom. The van der Waals surface area contributed by atoms with Gasteiger partial charge in [-0.05, 0) is 31.9 Å². The van der Waals surface area contributed by atoms with Gasteiger partial charge < -0.3 is 15.7 Å². The molecular weight excluding hydrogens is 270 g/mol. The Labute approximate surface area is 124 Å². The van der Waals surface area contributed by atoms with E-state index < -0.39 is 0 Å². The zero-order chi connectivity index (χ0) is 15.2. The van der Waals surface area contributed by atoms with Crippen molar-refractivity contribution in [3.05, 3.63) is 28.3 Å². The van der Waals surface area contributed by atoms with E-state index in [0.717, 1.165) is 25.7 Å². The van der Waals surface area contributed by atoms with Gasteiger partial charge in [0.1, 0.15) is 11.4 Å². The van der Waals surface area contributed by atoms with Gasteiger partial charge in [0.05, 0.1) is 11.0 Å². The van der Waals surface area contributed by atoms with Crippen molar-refractivity contribution < 1.29 is 10.0 Å². The number of aliphatic hydroxyl groups excluding tert-OH is 1. The van der Waals surface area contributed by atoms with E-state index in [1.165, 1.54) is 0 Å². The van der Waals surface area contributed by atoms with Gasteiger partial charge in [-0.1, -0.05) is 18.9 Å². The highest BCUT2D eigenvalue weighted by Gasteiger charge is 2.24. The minimum Gasteiger partial charge on any atom is -0.393 e. The van der Waals surface area contributed by atoms with Crippen molar-refractivity contribution in [1.82, 2.24) is 0 Å². The summed E-state index contributed by atoms with van der Waals surface area (Å²) < 4.78 is 0. The highest BCUT2D eigenvalue weighted by molar-refractivity contribution is 5.76. The van der Waals surface area contributed by atoms with Crippen LogP contribution in [0.2, 0.25) is 0 Å². The first-order chi connectivity index (χ1) is 10.1. The molecule has 2 rings (SSSR count). The van der Waals surface area contributed by atoms with Crippen molar-refractivity contribution in [1.29, 1.82) is 0 Å². The minimum absolute atomic E-state index is 0.0737. The molecular formula is C15H23N3O3. The normalized spacial score (nSPS) is 21.8. The largest absolute Gasteiger partial charge is 0.393 e. The predicted octanol–water partition coefficient (Wildman–Crippen LogP) is 2.99. The predicted molar refractivity (Wildman–Crippen MR) is 83.7 cm³/mol. The lowest BCUT2D eigenvalue weighted by atomic mass is 9.86. The van der Waals surface area contributed by atoms with Gasteiger partial charge in [-0.25, -0.2) is 0 Å². The molecule has 1 aromatic rings. The summed E-state index contributed by atoms with van der Waals surface area (Å²) in [6.07, 6.45) is 3.67. The SMILES string of the molecule is CCNc1cccc(NCC2CCCCC2O)c1[N+](=O)[O-]. The zero-order valence-corrected chi connectivity index (χ0v) is 12.3. The van der Waals surface area contributed by atoms with Crippen LogP contribution in [0.1, 0.15) is 32.6 Å². The van der Waals surface area contributed by atoms with Crippen LogP contribution in [0.3, 0.4) is 0 Å². The van der Waals surface area contributed by atoms with Crippen LogP contribution in [0.25, 0.3) is 0 Å². The summed E-state index contributed by atoms with van der Waals surface area (Å²) in [7, 11) is 0. The van der Waals surface area contributed by atoms with Crippen molar-refractivity contribution in [3.8, 4) is 0 Å². The number of aliphatic hydroxyl groups is 1. The average Bonchev–Trinajstić information content (AvgIpc) is 2.46. The number of rotatable bonds is 6. The lowest BCUT2D eigenvalue weighted by molar-refractivity contribution is -0.383. The third-order valence-electron chi connectivity index (χ3n) is 4.01. The van der Waals surface area contributed by atoms with Crippen molar-refractivity contribution >= 4 is 17.1 Å². The molecule has 0 spiro atoms. The number of benzene rings is 1. The molecule has 2 unspecified atom stereocenters. The van der Waals surface area contributed by atoms with Crippen LogP contribution in [0.15, 0.2) is 18.2 Å². The van der Waals surface area contributed by atoms with E-state index in [1.54, 1.807) is 18.2 Å². The van der Waals surface area contributed by atoms with Gasteiger partial charge in [0.15, 0.2) is 0 Å². The van der Waals surface area contributed by atoms with E-state index in [9.17, 15) is 15.2 Å². The first-order valence-corrected chi connectivity index (χ1v) is 7.56. The molecule has 6 nitrogen and oxygen atoms in total. The highest BCUT2D eigenvalue weighted by atomic mass is 16.6. The molecule has 0 aromatic heterocycles. The van der Waals surface area contributed by atoms with Gasteiger partial charge >= 0.3 is 5.69 Å². The van der Waals surface area contributed by atoms with Gasteiger partial charge in [-0.3, -0.25) is 10.1 Å². The summed E-state index contributed by atoms with van der Waals surface area (Å²) >= 11 is 0. The Balaban J connectivity index is 2.11. The van der Waals surface area contributed by atoms with Crippen LogP contribution in [0.4, 0.5) is 17.1 Å². The summed E-state index contributed by atoms with van der Waals surface area (Å²) in [5.41, 5.74) is 1.11.